The number of nitrogens with one attached hydrogen (secondary N) is 2. The zero-order chi connectivity index (χ0) is 15.5. The number of aryl methyl sites for hydroxylation is 1. The molecule has 0 radical (unpaired) electrons. The van der Waals surface area contributed by atoms with Gasteiger partial charge in [0.1, 0.15) is 0 Å². The van der Waals surface area contributed by atoms with Gasteiger partial charge in [-0.2, -0.15) is 0 Å². The smallest absolute Gasteiger partial charge is 0.290 e. The highest BCUT2D eigenvalue weighted by atomic mass is 32.2. The van der Waals surface area contributed by atoms with Crippen LogP contribution in [0.15, 0.2) is 40.0 Å². The van der Waals surface area contributed by atoms with E-state index in [1.807, 2.05) is 30.5 Å². The predicted octanol–water partition coefficient (Wildman–Crippen LogP) is 1.17. The molecule has 22 heavy (non-hydrogen) atoms. The number of benzene rings is 1. The zero-order valence-electron chi connectivity index (χ0n) is 11.8. The van der Waals surface area contributed by atoms with E-state index in [1.54, 1.807) is 7.05 Å². The van der Waals surface area contributed by atoms with Gasteiger partial charge in [0.15, 0.2) is 13.0 Å². The van der Waals surface area contributed by atoms with Crippen LogP contribution in [0.5, 0.6) is 5.95 Å². The first kappa shape index (κ1) is 14.5. The summed E-state index contributed by atoms with van der Waals surface area (Å²) in [4.78, 5) is 15.0. The van der Waals surface area contributed by atoms with Crippen molar-refractivity contribution in [2.24, 2.45) is 7.05 Å². The number of thioether (sulfide) groups is 1. The van der Waals surface area contributed by atoms with Gasteiger partial charge in [0.05, 0.1) is 5.27 Å². The lowest BCUT2D eigenvalue weighted by Crippen LogP contribution is -2.32. The number of carbonyl (C=O) groups excluding carboxylic acids is 1. The maximum atomic E-state index is 11.9. The Morgan fingerprint density at radius 3 is 3.14 bits per heavy atom. The van der Waals surface area contributed by atoms with Crippen LogP contribution in [-0.4, -0.2) is 21.9 Å². The molecular weight excluding hydrogens is 304 g/mol. The number of rotatable bonds is 5. The highest BCUT2D eigenvalue weighted by Gasteiger charge is 2.14. The molecule has 0 aliphatic heterocycles. The van der Waals surface area contributed by atoms with Crippen molar-refractivity contribution in [2.75, 3.05) is 11.1 Å². The molecule has 0 unspecified atom stereocenters. The third-order valence-electron chi connectivity index (χ3n) is 3.12. The third kappa shape index (κ3) is 3.06. The molecule has 0 atom stereocenters. The number of hydrogen-bond donors (Lipinski definition) is 2. The normalized spacial score (nSPS) is 11.0. The Balaban J connectivity index is 1.54. The van der Waals surface area contributed by atoms with E-state index < -0.39 is 5.95 Å². The van der Waals surface area contributed by atoms with E-state index in [0.717, 1.165) is 16.6 Å². The van der Waals surface area contributed by atoms with Gasteiger partial charge < -0.3 is 19.9 Å². The van der Waals surface area contributed by atoms with Crippen molar-refractivity contribution in [3.8, 4) is 5.95 Å². The van der Waals surface area contributed by atoms with E-state index in [4.69, 9.17) is 0 Å². The third-order valence-corrected chi connectivity index (χ3v) is 4.23. The Morgan fingerprint density at radius 2 is 2.36 bits per heavy atom. The average molecular weight is 318 g/mol. The predicted molar refractivity (Wildman–Crippen MR) is 79.4 cm³/mol. The molecular formula is C14H14N4O3S. The molecule has 1 amide bonds. The average Bonchev–Trinajstić information content (AvgIpc) is 3.07. The first-order chi connectivity index (χ1) is 10.6. The highest BCUT2D eigenvalue weighted by molar-refractivity contribution is 7.99. The number of anilines is 1. The summed E-state index contributed by atoms with van der Waals surface area (Å²) in [7, 11) is 1.62. The zero-order valence-corrected chi connectivity index (χ0v) is 12.6. The van der Waals surface area contributed by atoms with Crippen LogP contribution in [-0.2, 0) is 11.8 Å². The van der Waals surface area contributed by atoms with E-state index in [1.165, 1.54) is 16.4 Å². The first-order valence-electron chi connectivity index (χ1n) is 6.66. The second-order valence-corrected chi connectivity index (χ2v) is 5.80. The minimum absolute atomic E-state index is 0.103. The molecule has 3 rings (SSSR count). The van der Waals surface area contributed by atoms with Gasteiger partial charge in [-0.25, -0.2) is 0 Å². The molecule has 0 fully saturated rings. The quantitative estimate of drug-likeness (QED) is 0.544. The molecule has 0 aliphatic carbocycles. The van der Waals surface area contributed by atoms with Crippen LogP contribution in [0.2, 0.25) is 0 Å². The Hall–Kier alpha value is -2.48. The number of nitrogens with zero attached hydrogens (tertiary/aromatic N) is 2. The molecule has 0 saturated carbocycles. The van der Waals surface area contributed by atoms with Gasteiger partial charge in [-0.15, -0.1) is 0 Å². The summed E-state index contributed by atoms with van der Waals surface area (Å²) < 4.78 is 5.88. The Kier molecular flexibility index (Phi) is 4.01. The number of hydrogen-bond acceptors (Lipinski definition) is 5. The summed E-state index contributed by atoms with van der Waals surface area (Å²) in [5, 5.41) is 19.1. The molecule has 0 bridgehead atoms. The van der Waals surface area contributed by atoms with Gasteiger partial charge in [0, 0.05) is 35.0 Å². The molecule has 2 heterocycles. The van der Waals surface area contributed by atoms with Crippen molar-refractivity contribution in [3.63, 3.8) is 0 Å². The van der Waals surface area contributed by atoms with Gasteiger partial charge in [-0.3, -0.25) is 4.79 Å². The van der Waals surface area contributed by atoms with Gasteiger partial charge in [-0.05, 0) is 24.3 Å². The van der Waals surface area contributed by atoms with Crippen molar-refractivity contribution >= 4 is 34.3 Å². The lowest BCUT2D eigenvalue weighted by Gasteiger charge is -2.04. The van der Waals surface area contributed by atoms with E-state index in [2.05, 4.69) is 20.1 Å². The van der Waals surface area contributed by atoms with Gasteiger partial charge in [-0.1, -0.05) is 16.4 Å². The van der Waals surface area contributed by atoms with E-state index in [9.17, 15) is 9.90 Å². The second kappa shape index (κ2) is 6.10. The summed E-state index contributed by atoms with van der Waals surface area (Å²) in [5.74, 6) is -0.109. The molecule has 0 saturated heterocycles. The van der Waals surface area contributed by atoms with Crippen LogP contribution < -0.4 is 15.1 Å². The number of H-pyrrole nitrogens is 1. The maximum Gasteiger partial charge on any atom is 0.290 e. The topological polar surface area (TPSA) is 97.9 Å². The Bertz CT molecular complexity index is 792. The van der Waals surface area contributed by atoms with E-state index in [0.29, 0.717) is 17.2 Å². The van der Waals surface area contributed by atoms with Crippen LogP contribution in [0.25, 0.3) is 10.9 Å². The van der Waals surface area contributed by atoms with Crippen LogP contribution in [0.3, 0.4) is 0 Å². The Labute approximate surface area is 130 Å². The summed E-state index contributed by atoms with van der Waals surface area (Å²) in [6.07, 6.45) is 2.15. The number of carbonyl (C=O) groups is 1. The lowest BCUT2D eigenvalue weighted by atomic mass is 10.2. The summed E-state index contributed by atoms with van der Waals surface area (Å²) in [5.41, 5.74) is 1.78. The molecule has 2 aromatic heterocycles. The largest absolute Gasteiger partial charge is 0.538 e. The van der Waals surface area contributed by atoms with Crippen molar-refractivity contribution in [1.82, 2.24) is 10.3 Å². The van der Waals surface area contributed by atoms with Crippen LogP contribution >= 0.6 is 11.8 Å². The van der Waals surface area contributed by atoms with Crippen molar-refractivity contribution in [1.29, 1.82) is 0 Å². The van der Waals surface area contributed by atoms with Crippen molar-refractivity contribution < 1.29 is 19.1 Å². The number of aromatic amines is 1. The number of amides is 1. The lowest BCUT2D eigenvalue weighted by molar-refractivity contribution is -0.772. The number of fused-ring (bicyclic) bond motifs is 1. The fraction of sp³-hybridized carbons (Fsp3) is 0.214. The minimum atomic E-state index is -0.481. The summed E-state index contributed by atoms with van der Waals surface area (Å²) in [6, 6.07) is 7.62. The standard InChI is InChI=1S/C14H14N4O3S/c1-18-13(14(20)21-17-18)22-7-5-12(19)16-10-2-3-11-9(8-10)4-6-15-11/h2-4,6,8,17,20H,5,7H2,1H3. The summed E-state index contributed by atoms with van der Waals surface area (Å²) in [6.45, 7) is 0. The van der Waals surface area contributed by atoms with Crippen molar-refractivity contribution in [2.45, 2.75) is 11.4 Å². The van der Waals surface area contributed by atoms with Gasteiger partial charge >= 0.3 is 0 Å². The van der Waals surface area contributed by atoms with Crippen molar-refractivity contribution in [3.05, 3.63) is 30.5 Å². The monoisotopic (exact) mass is 318 g/mol. The molecule has 3 aromatic rings. The fourth-order valence-electron chi connectivity index (χ4n) is 2.05. The molecule has 1 aromatic carbocycles. The number of aromatic nitrogens is 3. The first-order valence-corrected chi connectivity index (χ1v) is 7.65. The van der Waals surface area contributed by atoms with Gasteiger partial charge in [0.25, 0.3) is 5.03 Å². The second-order valence-electron chi connectivity index (χ2n) is 4.72. The maximum absolute atomic E-state index is 11.9. The SMILES string of the molecule is C[n+]1noc([O-])c1SCCC(=O)Nc1ccc2[nH]ccc2c1. The van der Waals surface area contributed by atoms with Crippen LogP contribution in [0, 0.1) is 0 Å². The molecule has 2 N–H and O–H groups in total. The summed E-state index contributed by atoms with van der Waals surface area (Å²) >= 11 is 1.25. The molecule has 0 aliphatic rings. The molecule has 0 spiro atoms. The minimum Gasteiger partial charge on any atom is -0.538 e. The van der Waals surface area contributed by atoms with E-state index >= 15 is 0 Å². The Morgan fingerprint density at radius 1 is 1.50 bits per heavy atom. The molecule has 8 heteroatoms. The van der Waals surface area contributed by atoms with Crippen LogP contribution in [0.4, 0.5) is 5.69 Å². The molecule has 7 nitrogen and oxygen atoms in total. The van der Waals surface area contributed by atoms with E-state index in [-0.39, 0.29) is 5.91 Å². The van der Waals surface area contributed by atoms with Gasteiger partial charge in [0.2, 0.25) is 5.91 Å². The molecule has 114 valence electrons. The fourth-order valence-corrected chi connectivity index (χ4v) is 2.91. The van der Waals surface area contributed by atoms with Crippen LogP contribution in [0.1, 0.15) is 6.42 Å². The highest BCUT2D eigenvalue weighted by Crippen LogP contribution is 2.22.